The molecule has 0 heterocycles. The smallest absolute Gasteiger partial charge is 0.309 e. The Labute approximate surface area is 125 Å². The van der Waals surface area contributed by atoms with Gasteiger partial charge in [-0.2, -0.15) is 0 Å². The Bertz CT molecular complexity index is 586. The van der Waals surface area contributed by atoms with Crippen LogP contribution < -0.4 is 0 Å². The van der Waals surface area contributed by atoms with Gasteiger partial charge in [0.05, 0.1) is 18.6 Å². The molecular weight excluding hydrogens is 264 g/mol. The molecule has 0 radical (unpaired) electrons. The van der Waals surface area contributed by atoms with Crippen LogP contribution in [0.1, 0.15) is 25.8 Å². The van der Waals surface area contributed by atoms with Crippen LogP contribution in [0.3, 0.4) is 0 Å². The summed E-state index contributed by atoms with van der Waals surface area (Å²) in [6.45, 7) is 3.70. The lowest BCUT2D eigenvalue weighted by Crippen LogP contribution is -2.26. The molecule has 0 aliphatic heterocycles. The van der Waals surface area contributed by atoms with Crippen molar-refractivity contribution in [3.05, 3.63) is 60.2 Å². The zero-order chi connectivity index (χ0) is 15.3. The van der Waals surface area contributed by atoms with E-state index in [9.17, 15) is 9.90 Å². The van der Waals surface area contributed by atoms with E-state index in [1.54, 1.807) is 13.8 Å². The van der Waals surface area contributed by atoms with E-state index >= 15 is 0 Å². The van der Waals surface area contributed by atoms with Gasteiger partial charge >= 0.3 is 5.97 Å². The number of aliphatic hydroxyl groups is 1. The van der Waals surface area contributed by atoms with Gasteiger partial charge in [-0.1, -0.05) is 54.6 Å². The molecule has 0 fully saturated rings. The zero-order valence-corrected chi connectivity index (χ0v) is 12.4. The zero-order valence-electron chi connectivity index (χ0n) is 12.4. The minimum absolute atomic E-state index is 0.0501. The summed E-state index contributed by atoms with van der Waals surface area (Å²) in [5.41, 5.74) is 1.68. The molecule has 0 saturated carbocycles. The van der Waals surface area contributed by atoms with E-state index < -0.39 is 11.6 Å². The van der Waals surface area contributed by atoms with Gasteiger partial charge in [-0.15, -0.1) is 0 Å². The third-order valence-corrected chi connectivity index (χ3v) is 3.41. The molecule has 2 aromatic rings. The summed E-state index contributed by atoms with van der Waals surface area (Å²) in [5, 5.41) is 10.4. The second kappa shape index (κ2) is 6.55. The monoisotopic (exact) mass is 284 g/mol. The van der Waals surface area contributed by atoms with Crippen LogP contribution in [0.2, 0.25) is 0 Å². The fraction of sp³-hybridized carbons (Fsp3) is 0.278. The molecule has 1 atom stereocenters. The molecule has 0 aromatic heterocycles. The van der Waals surface area contributed by atoms with Crippen molar-refractivity contribution in [2.45, 2.75) is 25.9 Å². The number of rotatable bonds is 5. The van der Waals surface area contributed by atoms with Crippen LogP contribution in [0.4, 0.5) is 0 Å². The molecule has 0 aliphatic rings. The summed E-state index contributed by atoms with van der Waals surface area (Å²) < 4.78 is 4.89. The quantitative estimate of drug-likeness (QED) is 0.855. The van der Waals surface area contributed by atoms with E-state index in [4.69, 9.17) is 4.74 Å². The summed E-state index contributed by atoms with van der Waals surface area (Å²) in [6.07, 6.45) is -0.0501. The fourth-order valence-corrected chi connectivity index (χ4v) is 2.25. The van der Waals surface area contributed by atoms with E-state index in [0.29, 0.717) is 12.2 Å². The first-order valence-electron chi connectivity index (χ1n) is 7.07. The Morgan fingerprint density at radius 2 is 1.62 bits per heavy atom. The van der Waals surface area contributed by atoms with Gasteiger partial charge in [0.2, 0.25) is 0 Å². The lowest BCUT2D eigenvalue weighted by Gasteiger charge is -2.23. The van der Waals surface area contributed by atoms with Gasteiger partial charge in [-0.3, -0.25) is 4.79 Å². The van der Waals surface area contributed by atoms with Crippen LogP contribution in [0.25, 0.3) is 11.1 Å². The van der Waals surface area contributed by atoms with E-state index in [1.807, 2.05) is 54.6 Å². The molecule has 0 amide bonds. The number of esters is 1. The molecule has 3 heteroatoms. The van der Waals surface area contributed by atoms with Crippen molar-refractivity contribution in [1.29, 1.82) is 0 Å². The number of ether oxygens (including phenoxy) is 1. The second-order valence-corrected chi connectivity index (χ2v) is 5.20. The van der Waals surface area contributed by atoms with Gasteiger partial charge in [0, 0.05) is 0 Å². The normalized spacial score (nSPS) is 13.5. The fourth-order valence-electron chi connectivity index (χ4n) is 2.25. The lowest BCUT2D eigenvalue weighted by atomic mass is 9.91. The average molecular weight is 284 g/mol. The number of hydrogen-bond acceptors (Lipinski definition) is 3. The van der Waals surface area contributed by atoms with Crippen molar-refractivity contribution < 1.29 is 14.6 Å². The molecule has 0 saturated heterocycles. The highest BCUT2D eigenvalue weighted by atomic mass is 16.5. The van der Waals surface area contributed by atoms with Crippen molar-refractivity contribution in [1.82, 2.24) is 0 Å². The molecule has 1 unspecified atom stereocenters. The first-order chi connectivity index (χ1) is 10.0. The van der Waals surface area contributed by atoms with Gasteiger partial charge in [-0.25, -0.2) is 0 Å². The predicted molar refractivity (Wildman–Crippen MR) is 82.7 cm³/mol. The van der Waals surface area contributed by atoms with Gasteiger partial charge in [-0.05, 0) is 30.5 Å². The summed E-state index contributed by atoms with van der Waals surface area (Å²) in [6, 6.07) is 17.6. The molecular formula is C18H20O3. The van der Waals surface area contributed by atoms with Crippen molar-refractivity contribution in [2.24, 2.45) is 0 Å². The maximum absolute atomic E-state index is 11.5. The first-order valence-corrected chi connectivity index (χ1v) is 7.07. The molecule has 2 aromatic carbocycles. The second-order valence-electron chi connectivity index (χ2n) is 5.20. The minimum atomic E-state index is -1.22. The van der Waals surface area contributed by atoms with E-state index in [0.717, 1.165) is 11.1 Å². The predicted octanol–water partition coefficient (Wildman–Crippen LogP) is 3.51. The van der Waals surface area contributed by atoms with Crippen LogP contribution in [0.5, 0.6) is 0 Å². The molecule has 3 nitrogen and oxygen atoms in total. The Balaban J connectivity index is 2.16. The first kappa shape index (κ1) is 15.3. The Morgan fingerprint density at radius 3 is 2.19 bits per heavy atom. The minimum Gasteiger partial charge on any atom is -0.466 e. The molecule has 0 spiro atoms. The number of carbonyl (C=O) groups is 1. The van der Waals surface area contributed by atoms with Crippen LogP contribution >= 0.6 is 0 Å². The van der Waals surface area contributed by atoms with Gasteiger partial charge in [0.15, 0.2) is 0 Å². The molecule has 2 rings (SSSR count). The maximum atomic E-state index is 11.5. The summed E-state index contributed by atoms with van der Waals surface area (Å²) >= 11 is 0. The highest BCUT2D eigenvalue weighted by Gasteiger charge is 2.27. The topological polar surface area (TPSA) is 46.5 Å². The van der Waals surface area contributed by atoms with E-state index in [1.165, 1.54) is 0 Å². The Morgan fingerprint density at radius 1 is 1.05 bits per heavy atom. The summed E-state index contributed by atoms with van der Waals surface area (Å²) in [4.78, 5) is 11.5. The van der Waals surface area contributed by atoms with Gasteiger partial charge < -0.3 is 9.84 Å². The van der Waals surface area contributed by atoms with E-state index in [-0.39, 0.29) is 6.42 Å². The van der Waals surface area contributed by atoms with E-state index in [2.05, 4.69) is 0 Å². The van der Waals surface area contributed by atoms with Crippen molar-refractivity contribution in [3.8, 4) is 11.1 Å². The Kier molecular flexibility index (Phi) is 4.76. The van der Waals surface area contributed by atoms with Crippen molar-refractivity contribution in [2.75, 3.05) is 6.61 Å². The van der Waals surface area contributed by atoms with Crippen molar-refractivity contribution in [3.63, 3.8) is 0 Å². The highest BCUT2D eigenvalue weighted by Crippen LogP contribution is 2.27. The molecule has 110 valence electrons. The Hall–Kier alpha value is -2.13. The SMILES string of the molecule is CCOC(=O)CC(C)(O)c1ccc(-c2ccccc2)cc1. The third-order valence-electron chi connectivity index (χ3n) is 3.41. The third kappa shape index (κ3) is 3.92. The van der Waals surface area contributed by atoms with Crippen LogP contribution in [0.15, 0.2) is 54.6 Å². The standard InChI is InChI=1S/C18H20O3/c1-3-21-17(19)13-18(2,20)16-11-9-15(10-12-16)14-7-5-4-6-8-14/h4-12,20H,3,13H2,1-2H3. The molecule has 0 bridgehead atoms. The van der Waals surface area contributed by atoms with Crippen molar-refractivity contribution >= 4 is 5.97 Å². The van der Waals surface area contributed by atoms with Gasteiger partial charge in [0.1, 0.15) is 0 Å². The lowest BCUT2D eigenvalue weighted by molar-refractivity contribution is -0.148. The largest absolute Gasteiger partial charge is 0.466 e. The maximum Gasteiger partial charge on any atom is 0.309 e. The van der Waals surface area contributed by atoms with Gasteiger partial charge in [0.25, 0.3) is 0 Å². The average Bonchev–Trinajstić information content (AvgIpc) is 2.48. The van der Waals surface area contributed by atoms with Crippen LogP contribution in [0, 0.1) is 0 Å². The summed E-state index contributed by atoms with van der Waals surface area (Å²) in [7, 11) is 0. The van der Waals surface area contributed by atoms with Crippen LogP contribution in [-0.4, -0.2) is 17.7 Å². The molecule has 1 N–H and O–H groups in total. The molecule has 0 aliphatic carbocycles. The number of benzene rings is 2. The van der Waals surface area contributed by atoms with Crippen LogP contribution in [-0.2, 0) is 15.1 Å². The number of hydrogen-bond donors (Lipinski definition) is 1. The highest BCUT2D eigenvalue weighted by molar-refractivity contribution is 5.71. The number of carbonyl (C=O) groups excluding carboxylic acids is 1. The summed E-state index contributed by atoms with van der Waals surface area (Å²) in [5.74, 6) is -0.394. The molecule has 21 heavy (non-hydrogen) atoms.